The highest BCUT2D eigenvalue weighted by atomic mass is 32.1. The second-order valence-electron chi connectivity index (χ2n) is 3.98. The number of ether oxygens (including phenoxy) is 1. The lowest BCUT2D eigenvalue weighted by Crippen LogP contribution is -2.38. The average Bonchev–Trinajstić information content (AvgIpc) is 2.86. The standard InChI is InChI=1S/C13H15NO3S/c15-7-1-2-11-3-4-12(18-11)13(16)14-10-5-8-17-9-6-10/h3-4,10,15H,5-9H2,(H,14,16). The van der Waals surface area contributed by atoms with Gasteiger partial charge in [0.25, 0.3) is 5.91 Å². The van der Waals surface area contributed by atoms with Crippen molar-refractivity contribution in [1.82, 2.24) is 5.32 Å². The van der Waals surface area contributed by atoms with Gasteiger partial charge in [-0.15, -0.1) is 11.3 Å². The van der Waals surface area contributed by atoms with E-state index in [1.54, 1.807) is 12.1 Å². The fourth-order valence-corrected chi connectivity index (χ4v) is 2.54. The summed E-state index contributed by atoms with van der Waals surface area (Å²) in [6.45, 7) is 1.26. The minimum Gasteiger partial charge on any atom is -0.384 e. The summed E-state index contributed by atoms with van der Waals surface area (Å²) >= 11 is 1.34. The number of amides is 1. The lowest BCUT2D eigenvalue weighted by atomic mass is 10.1. The molecule has 1 aromatic heterocycles. The third-order valence-electron chi connectivity index (χ3n) is 2.68. The molecule has 1 aliphatic heterocycles. The van der Waals surface area contributed by atoms with Gasteiger partial charge in [0.2, 0.25) is 0 Å². The number of aliphatic hydroxyl groups excluding tert-OH is 1. The van der Waals surface area contributed by atoms with Gasteiger partial charge in [0.15, 0.2) is 0 Å². The Kier molecular flexibility index (Phi) is 4.76. The molecule has 0 aliphatic carbocycles. The normalized spacial score (nSPS) is 15.8. The van der Waals surface area contributed by atoms with E-state index < -0.39 is 0 Å². The van der Waals surface area contributed by atoms with Gasteiger partial charge in [-0.25, -0.2) is 0 Å². The summed E-state index contributed by atoms with van der Waals surface area (Å²) < 4.78 is 5.24. The van der Waals surface area contributed by atoms with Gasteiger partial charge in [0, 0.05) is 19.3 Å². The summed E-state index contributed by atoms with van der Waals surface area (Å²) in [4.78, 5) is 13.4. The Labute approximate surface area is 110 Å². The van der Waals surface area contributed by atoms with Crippen molar-refractivity contribution in [3.63, 3.8) is 0 Å². The van der Waals surface area contributed by atoms with E-state index in [1.807, 2.05) is 0 Å². The molecule has 2 N–H and O–H groups in total. The van der Waals surface area contributed by atoms with E-state index in [0.29, 0.717) is 18.1 Å². The van der Waals surface area contributed by atoms with Crippen LogP contribution in [0.3, 0.4) is 0 Å². The van der Waals surface area contributed by atoms with E-state index in [-0.39, 0.29) is 18.6 Å². The second-order valence-corrected chi connectivity index (χ2v) is 5.07. The fourth-order valence-electron chi connectivity index (χ4n) is 1.75. The number of rotatable bonds is 2. The summed E-state index contributed by atoms with van der Waals surface area (Å²) in [5, 5.41) is 11.6. The van der Waals surface area contributed by atoms with Crippen LogP contribution in [0.4, 0.5) is 0 Å². The SMILES string of the molecule is O=C(NC1CCOCC1)c1ccc(C#CCO)s1. The summed E-state index contributed by atoms with van der Waals surface area (Å²) in [6, 6.07) is 3.77. The van der Waals surface area contributed by atoms with Gasteiger partial charge >= 0.3 is 0 Å². The Bertz CT molecular complexity index is 466. The van der Waals surface area contributed by atoms with Crippen molar-refractivity contribution in [1.29, 1.82) is 0 Å². The van der Waals surface area contributed by atoms with Crippen LogP contribution in [0.1, 0.15) is 27.4 Å². The lowest BCUT2D eigenvalue weighted by Gasteiger charge is -2.22. The zero-order valence-corrected chi connectivity index (χ0v) is 10.8. The third kappa shape index (κ3) is 3.57. The highest BCUT2D eigenvalue weighted by Crippen LogP contribution is 2.16. The first-order chi connectivity index (χ1) is 8.79. The smallest absolute Gasteiger partial charge is 0.261 e. The van der Waals surface area contributed by atoms with Gasteiger partial charge < -0.3 is 15.2 Å². The molecule has 18 heavy (non-hydrogen) atoms. The second kappa shape index (κ2) is 6.55. The third-order valence-corrected chi connectivity index (χ3v) is 3.68. The van der Waals surface area contributed by atoms with Crippen molar-refractivity contribution in [2.45, 2.75) is 18.9 Å². The largest absolute Gasteiger partial charge is 0.384 e. The fraction of sp³-hybridized carbons (Fsp3) is 0.462. The Balaban J connectivity index is 1.93. The first kappa shape index (κ1) is 13.1. The zero-order valence-electron chi connectivity index (χ0n) is 9.94. The topological polar surface area (TPSA) is 58.6 Å². The van der Waals surface area contributed by atoms with Crippen molar-refractivity contribution in [3.8, 4) is 11.8 Å². The van der Waals surface area contributed by atoms with Gasteiger partial charge in [-0.3, -0.25) is 4.79 Å². The van der Waals surface area contributed by atoms with Crippen molar-refractivity contribution >= 4 is 17.2 Å². The molecular weight excluding hydrogens is 250 g/mol. The van der Waals surface area contributed by atoms with Gasteiger partial charge in [0.1, 0.15) is 6.61 Å². The van der Waals surface area contributed by atoms with Crippen LogP contribution in [0.15, 0.2) is 12.1 Å². The van der Waals surface area contributed by atoms with Crippen molar-refractivity contribution in [3.05, 3.63) is 21.9 Å². The van der Waals surface area contributed by atoms with Crippen LogP contribution in [0.5, 0.6) is 0 Å². The van der Waals surface area contributed by atoms with E-state index >= 15 is 0 Å². The molecule has 0 unspecified atom stereocenters. The number of aliphatic hydroxyl groups is 1. The molecule has 0 radical (unpaired) electrons. The number of nitrogens with one attached hydrogen (secondary N) is 1. The quantitative estimate of drug-likeness (QED) is 0.784. The Morgan fingerprint density at radius 2 is 2.28 bits per heavy atom. The number of hydrogen-bond acceptors (Lipinski definition) is 4. The molecule has 5 heteroatoms. The highest BCUT2D eigenvalue weighted by Gasteiger charge is 2.17. The molecule has 0 aromatic carbocycles. The first-order valence-corrected chi connectivity index (χ1v) is 6.69. The summed E-state index contributed by atoms with van der Waals surface area (Å²) in [6.07, 6.45) is 1.74. The molecule has 0 spiro atoms. The minimum absolute atomic E-state index is 0.0519. The maximum absolute atomic E-state index is 12.0. The van der Waals surface area contributed by atoms with Crippen LogP contribution < -0.4 is 5.32 Å². The number of hydrogen-bond donors (Lipinski definition) is 2. The Hall–Kier alpha value is -1.35. The summed E-state index contributed by atoms with van der Waals surface area (Å²) in [5.74, 6) is 5.31. The molecule has 1 aliphatic rings. The molecule has 2 heterocycles. The molecule has 0 bridgehead atoms. The highest BCUT2D eigenvalue weighted by molar-refractivity contribution is 7.14. The van der Waals surface area contributed by atoms with E-state index in [2.05, 4.69) is 17.2 Å². The van der Waals surface area contributed by atoms with Crippen molar-refractivity contribution < 1.29 is 14.6 Å². The van der Waals surface area contributed by atoms with Gasteiger partial charge in [-0.05, 0) is 25.0 Å². The summed E-state index contributed by atoms with van der Waals surface area (Å²) in [5.41, 5.74) is 0. The van der Waals surface area contributed by atoms with E-state index in [0.717, 1.165) is 17.7 Å². The molecule has 1 saturated heterocycles. The number of thiophene rings is 1. The predicted octanol–water partition coefficient (Wildman–Crippen LogP) is 1.00. The molecule has 1 aromatic rings. The Morgan fingerprint density at radius 3 is 3.00 bits per heavy atom. The molecule has 96 valence electrons. The molecule has 4 nitrogen and oxygen atoms in total. The average molecular weight is 265 g/mol. The van der Waals surface area contributed by atoms with Crippen molar-refractivity contribution in [2.75, 3.05) is 19.8 Å². The van der Waals surface area contributed by atoms with Gasteiger partial charge in [-0.1, -0.05) is 11.8 Å². The van der Waals surface area contributed by atoms with E-state index in [1.165, 1.54) is 11.3 Å². The Morgan fingerprint density at radius 1 is 1.50 bits per heavy atom. The maximum Gasteiger partial charge on any atom is 0.261 e. The van der Waals surface area contributed by atoms with Crippen LogP contribution in [-0.4, -0.2) is 36.9 Å². The molecule has 0 atom stereocenters. The van der Waals surface area contributed by atoms with Crippen molar-refractivity contribution in [2.24, 2.45) is 0 Å². The van der Waals surface area contributed by atoms with Crippen LogP contribution in [0, 0.1) is 11.8 Å². The van der Waals surface area contributed by atoms with Crippen LogP contribution >= 0.6 is 11.3 Å². The maximum atomic E-state index is 12.0. The predicted molar refractivity (Wildman–Crippen MR) is 69.6 cm³/mol. The van der Waals surface area contributed by atoms with Gasteiger partial charge in [-0.2, -0.15) is 0 Å². The molecule has 1 fully saturated rings. The number of carbonyl (C=O) groups is 1. The zero-order chi connectivity index (χ0) is 12.8. The minimum atomic E-state index is -0.165. The molecular formula is C13H15NO3S. The van der Waals surface area contributed by atoms with E-state index in [4.69, 9.17) is 9.84 Å². The molecule has 2 rings (SSSR count). The summed E-state index contributed by atoms with van der Waals surface area (Å²) in [7, 11) is 0. The number of carbonyl (C=O) groups excluding carboxylic acids is 1. The molecule has 0 saturated carbocycles. The van der Waals surface area contributed by atoms with Crippen LogP contribution in [0.25, 0.3) is 0 Å². The lowest BCUT2D eigenvalue weighted by molar-refractivity contribution is 0.0698. The molecule has 1 amide bonds. The van der Waals surface area contributed by atoms with Gasteiger partial charge in [0.05, 0.1) is 9.75 Å². The van der Waals surface area contributed by atoms with Crippen LogP contribution in [0.2, 0.25) is 0 Å². The van der Waals surface area contributed by atoms with Crippen LogP contribution in [-0.2, 0) is 4.74 Å². The monoisotopic (exact) mass is 265 g/mol. The van der Waals surface area contributed by atoms with E-state index in [9.17, 15) is 4.79 Å². The first-order valence-electron chi connectivity index (χ1n) is 5.88.